The lowest BCUT2D eigenvalue weighted by molar-refractivity contribution is 0.296. The minimum absolute atomic E-state index is 0.00782. The summed E-state index contributed by atoms with van der Waals surface area (Å²) in [5.41, 5.74) is 1.01. The third-order valence-electron chi connectivity index (χ3n) is 3.57. The van der Waals surface area contributed by atoms with Crippen LogP contribution in [0.15, 0.2) is 35.4 Å². The second-order valence-electron chi connectivity index (χ2n) is 5.01. The number of halogens is 1. The lowest BCUT2D eigenvalue weighted by atomic mass is 10.2. The smallest absolute Gasteiger partial charge is 0.262 e. The molecule has 0 unspecified atom stereocenters. The van der Waals surface area contributed by atoms with Crippen LogP contribution in [-0.4, -0.2) is 16.2 Å². The van der Waals surface area contributed by atoms with Gasteiger partial charge in [0.1, 0.15) is 17.2 Å². The molecule has 3 aromatic rings. The third-order valence-corrected chi connectivity index (χ3v) is 4.94. The van der Waals surface area contributed by atoms with Crippen LogP contribution in [0.1, 0.15) is 10.4 Å². The van der Waals surface area contributed by atoms with Crippen LogP contribution in [0.25, 0.3) is 10.2 Å². The molecule has 1 aromatic carbocycles. The minimum Gasteiger partial charge on any atom is -0.492 e. The number of fused-ring (bicyclic) bond motifs is 1. The number of aryl methyl sites for hydroxylation is 2. The van der Waals surface area contributed by atoms with Gasteiger partial charge < -0.3 is 4.74 Å². The summed E-state index contributed by atoms with van der Waals surface area (Å²) in [6, 6.07) is 7.15. The Labute approximate surface area is 136 Å². The van der Waals surface area contributed by atoms with E-state index in [1.165, 1.54) is 0 Å². The first-order valence-electron chi connectivity index (χ1n) is 6.90. The van der Waals surface area contributed by atoms with E-state index in [4.69, 9.17) is 16.3 Å². The molecule has 2 aromatic heterocycles. The first-order chi connectivity index (χ1) is 10.6. The van der Waals surface area contributed by atoms with Crippen molar-refractivity contribution in [3.05, 3.63) is 56.4 Å². The Morgan fingerprint density at radius 3 is 2.73 bits per heavy atom. The zero-order valence-corrected chi connectivity index (χ0v) is 13.9. The van der Waals surface area contributed by atoms with Gasteiger partial charge in [-0.05, 0) is 43.7 Å². The van der Waals surface area contributed by atoms with Gasteiger partial charge in [-0.15, -0.1) is 11.3 Å². The minimum atomic E-state index is -0.00782. The van der Waals surface area contributed by atoms with Gasteiger partial charge in [0.2, 0.25) is 0 Å². The average molecular weight is 335 g/mol. The van der Waals surface area contributed by atoms with Gasteiger partial charge in [0, 0.05) is 9.90 Å². The highest BCUT2D eigenvalue weighted by molar-refractivity contribution is 7.18. The second kappa shape index (κ2) is 6.10. The predicted octanol–water partition coefficient (Wildman–Crippen LogP) is 3.81. The Hall–Kier alpha value is -1.85. The number of hydrogen-bond donors (Lipinski definition) is 0. The Morgan fingerprint density at radius 2 is 2.00 bits per heavy atom. The molecule has 6 heteroatoms. The molecule has 0 spiro atoms. The molecule has 3 rings (SSSR count). The van der Waals surface area contributed by atoms with Crippen molar-refractivity contribution < 1.29 is 4.74 Å². The van der Waals surface area contributed by atoms with Crippen LogP contribution in [-0.2, 0) is 6.54 Å². The number of aromatic nitrogens is 2. The molecule has 114 valence electrons. The topological polar surface area (TPSA) is 44.1 Å². The molecule has 0 saturated carbocycles. The van der Waals surface area contributed by atoms with Crippen molar-refractivity contribution in [2.45, 2.75) is 20.4 Å². The molecule has 0 aliphatic carbocycles. The van der Waals surface area contributed by atoms with Crippen molar-refractivity contribution in [2.75, 3.05) is 6.61 Å². The van der Waals surface area contributed by atoms with Gasteiger partial charge in [0.15, 0.2) is 0 Å². The van der Waals surface area contributed by atoms with E-state index >= 15 is 0 Å². The predicted molar refractivity (Wildman–Crippen MR) is 90.3 cm³/mol. The van der Waals surface area contributed by atoms with Crippen LogP contribution >= 0.6 is 22.9 Å². The van der Waals surface area contributed by atoms with Gasteiger partial charge >= 0.3 is 0 Å². The van der Waals surface area contributed by atoms with Crippen molar-refractivity contribution in [1.82, 2.24) is 9.55 Å². The molecule has 22 heavy (non-hydrogen) atoms. The zero-order chi connectivity index (χ0) is 15.7. The van der Waals surface area contributed by atoms with E-state index < -0.39 is 0 Å². The van der Waals surface area contributed by atoms with Crippen molar-refractivity contribution in [3.63, 3.8) is 0 Å². The monoisotopic (exact) mass is 334 g/mol. The molecule has 0 saturated heterocycles. The summed E-state index contributed by atoms with van der Waals surface area (Å²) in [6.45, 7) is 4.83. The highest BCUT2D eigenvalue weighted by atomic mass is 35.5. The summed E-state index contributed by atoms with van der Waals surface area (Å²) in [7, 11) is 0. The van der Waals surface area contributed by atoms with Gasteiger partial charge in [0.25, 0.3) is 5.56 Å². The quantitative estimate of drug-likeness (QED) is 0.728. The molecule has 0 bridgehead atoms. The molecule has 2 heterocycles. The number of hydrogen-bond acceptors (Lipinski definition) is 4. The van der Waals surface area contributed by atoms with E-state index in [1.807, 2.05) is 13.8 Å². The van der Waals surface area contributed by atoms with Crippen molar-refractivity contribution in [2.24, 2.45) is 0 Å². The molecule has 0 fully saturated rings. The zero-order valence-electron chi connectivity index (χ0n) is 12.3. The van der Waals surface area contributed by atoms with E-state index in [1.54, 1.807) is 46.5 Å². The molecule has 0 atom stereocenters. The fourth-order valence-corrected chi connectivity index (χ4v) is 3.34. The van der Waals surface area contributed by atoms with Crippen LogP contribution in [0.5, 0.6) is 5.75 Å². The number of nitrogens with zero attached hydrogens (tertiary/aromatic N) is 2. The van der Waals surface area contributed by atoms with Gasteiger partial charge in [0.05, 0.1) is 18.3 Å². The van der Waals surface area contributed by atoms with Gasteiger partial charge in [-0.1, -0.05) is 11.6 Å². The molecule has 0 N–H and O–H groups in total. The largest absolute Gasteiger partial charge is 0.492 e. The first-order valence-corrected chi connectivity index (χ1v) is 8.09. The van der Waals surface area contributed by atoms with E-state index in [2.05, 4.69) is 4.98 Å². The van der Waals surface area contributed by atoms with E-state index in [-0.39, 0.29) is 5.56 Å². The average Bonchev–Trinajstić information content (AvgIpc) is 2.79. The fraction of sp³-hybridized carbons (Fsp3) is 0.250. The fourth-order valence-electron chi connectivity index (χ4n) is 2.22. The highest BCUT2D eigenvalue weighted by Crippen LogP contribution is 2.25. The Kier molecular flexibility index (Phi) is 4.18. The molecule has 0 radical (unpaired) electrons. The van der Waals surface area contributed by atoms with Crippen LogP contribution in [0.2, 0.25) is 5.02 Å². The van der Waals surface area contributed by atoms with Crippen molar-refractivity contribution in [3.8, 4) is 5.75 Å². The van der Waals surface area contributed by atoms with Gasteiger partial charge in [-0.25, -0.2) is 4.98 Å². The Balaban J connectivity index is 1.77. The van der Waals surface area contributed by atoms with Crippen LogP contribution < -0.4 is 10.3 Å². The Bertz CT molecular complexity index is 868. The van der Waals surface area contributed by atoms with Crippen molar-refractivity contribution >= 4 is 33.2 Å². The summed E-state index contributed by atoms with van der Waals surface area (Å²) >= 11 is 7.38. The molecule has 0 aliphatic rings. The summed E-state index contributed by atoms with van der Waals surface area (Å²) in [5.74, 6) is 0.731. The van der Waals surface area contributed by atoms with E-state index in [0.717, 1.165) is 26.4 Å². The maximum Gasteiger partial charge on any atom is 0.262 e. The number of ether oxygens (including phenoxy) is 1. The van der Waals surface area contributed by atoms with Gasteiger partial charge in [-0.3, -0.25) is 9.36 Å². The SMILES string of the molecule is Cc1sc2ncn(CCOc3ccc(Cl)cc3)c(=O)c2c1C. The summed E-state index contributed by atoms with van der Waals surface area (Å²) in [5, 5.41) is 1.39. The third kappa shape index (κ3) is 2.87. The Morgan fingerprint density at radius 1 is 1.27 bits per heavy atom. The molecular weight excluding hydrogens is 320 g/mol. The maximum absolute atomic E-state index is 12.5. The van der Waals surface area contributed by atoms with E-state index in [9.17, 15) is 4.79 Å². The molecule has 0 amide bonds. The summed E-state index contributed by atoms with van der Waals surface area (Å²) in [4.78, 5) is 18.8. The number of rotatable bonds is 4. The molecule has 0 aliphatic heterocycles. The van der Waals surface area contributed by atoms with Crippen LogP contribution in [0.3, 0.4) is 0 Å². The number of thiophene rings is 1. The summed E-state index contributed by atoms with van der Waals surface area (Å²) in [6.07, 6.45) is 1.59. The van der Waals surface area contributed by atoms with E-state index in [0.29, 0.717) is 18.2 Å². The highest BCUT2D eigenvalue weighted by Gasteiger charge is 2.11. The van der Waals surface area contributed by atoms with Gasteiger partial charge in [-0.2, -0.15) is 0 Å². The molecular formula is C16H15ClN2O2S. The first kappa shape index (κ1) is 15.1. The lowest BCUT2D eigenvalue weighted by Gasteiger charge is -2.08. The molecule has 4 nitrogen and oxygen atoms in total. The maximum atomic E-state index is 12.5. The van der Waals surface area contributed by atoms with Crippen LogP contribution in [0, 0.1) is 13.8 Å². The normalized spacial score (nSPS) is 11.0. The van der Waals surface area contributed by atoms with Crippen LogP contribution in [0.4, 0.5) is 0 Å². The lowest BCUT2D eigenvalue weighted by Crippen LogP contribution is -2.23. The standard InChI is InChI=1S/C16H15ClN2O2S/c1-10-11(2)22-15-14(10)16(20)19(9-18-15)7-8-21-13-5-3-12(17)4-6-13/h3-6,9H,7-8H2,1-2H3. The summed E-state index contributed by atoms with van der Waals surface area (Å²) < 4.78 is 7.22. The van der Waals surface area contributed by atoms with Crippen molar-refractivity contribution in [1.29, 1.82) is 0 Å². The number of benzene rings is 1. The second-order valence-corrected chi connectivity index (χ2v) is 6.65.